The van der Waals surface area contributed by atoms with Crippen LogP contribution in [-0.2, 0) is 17.9 Å². The highest BCUT2D eigenvalue weighted by atomic mass is 16.5. The van der Waals surface area contributed by atoms with Gasteiger partial charge in [0.15, 0.2) is 5.76 Å². The fraction of sp³-hybridized carbons (Fsp3) is 0.423. The fourth-order valence-corrected chi connectivity index (χ4v) is 4.94. The molecule has 0 radical (unpaired) electrons. The van der Waals surface area contributed by atoms with Crippen molar-refractivity contribution in [2.75, 3.05) is 7.11 Å². The van der Waals surface area contributed by atoms with Crippen LogP contribution < -0.4 is 10.1 Å². The van der Waals surface area contributed by atoms with E-state index in [1.165, 1.54) is 6.42 Å². The van der Waals surface area contributed by atoms with Gasteiger partial charge in [-0.2, -0.15) is 5.10 Å². The number of amides is 2. The number of nitrogens with zero attached hydrogens (tertiary/aromatic N) is 3. The third-order valence-electron chi connectivity index (χ3n) is 7.00. The summed E-state index contributed by atoms with van der Waals surface area (Å²) in [6, 6.07) is 13.0. The van der Waals surface area contributed by atoms with Crippen molar-refractivity contribution in [2.45, 2.75) is 63.7 Å². The number of furan rings is 1. The zero-order chi connectivity index (χ0) is 23.7. The number of hydrogen-bond acceptors (Lipinski definition) is 5. The van der Waals surface area contributed by atoms with E-state index < -0.39 is 5.54 Å². The van der Waals surface area contributed by atoms with E-state index in [1.54, 1.807) is 35.1 Å². The molecule has 1 fully saturated rings. The molecule has 0 saturated heterocycles. The van der Waals surface area contributed by atoms with Crippen LogP contribution >= 0.6 is 0 Å². The number of rotatable bonds is 6. The van der Waals surface area contributed by atoms with Gasteiger partial charge < -0.3 is 19.4 Å². The highest BCUT2D eigenvalue weighted by Crippen LogP contribution is 2.32. The summed E-state index contributed by atoms with van der Waals surface area (Å²) in [5, 5.41) is 7.85. The van der Waals surface area contributed by atoms with Gasteiger partial charge in [-0.1, -0.05) is 31.4 Å². The van der Waals surface area contributed by atoms with Gasteiger partial charge in [0, 0.05) is 18.7 Å². The molecular weight excluding hydrogens is 432 g/mol. The summed E-state index contributed by atoms with van der Waals surface area (Å²) in [6.07, 6.45) is 6.97. The van der Waals surface area contributed by atoms with E-state index in [2.05, 4.69) is 10.4 Å². The molecule has 34 heavy (non-hydrogen) atoms. The Kier molecular flexibility index (Phi) is 5.89. The van der Waals surface area contributed by atoms with Gasteiger partial charge >= 0.3 is 0 Å². The summed E-state index contributed by atoms with van der Waals surface area (Å²) in [5.41, 5.74) is 0.857. The standard InChI is InChI=1S/C26H30N4O4/c1-26(25(32)27-19-7-4-3-5-8-19)17-30-22(15-21(28-30)23-9-6-14-34-23)24(31)29(26)16-18-10-12-20(33-2)13-11-18/h6,9-15,19H,3-5,7-8,16-17H2,1-2H3,(H,27,32)/t26-/m1/s1. The van der Waals surface area contributed by atoms with Crippen LogP contribution in [0.2, 0.25) is 0 Å². The maximum absolute atomic E-state index is 13.8. The van der Waals surface area contributed by atoms with Gasteiger partial charge in [0.1, 0.15) is 22.7 Å². The van der Waals surface area contributed by atoms with Crippen molar-refractivity contribution in [3.63, 3.8) is 0 Å². The average Bonchev–Trinajstić information content (AvgIpc) is 3.53. The molecule has 2 aliphatic rings. The smallest absolute Gasteiger partial charge is 0.273 e. The van der Waals surface area contributed by atoms with Crippen molar-refractivity contribution < 1.29 is 18.7 Å². The lowest BCUT2D eigenvalue weighted by atomic mass is 9.91. The molecule has 0 spiro atoms. The number of fused-ring (bicyclic) bond motifs is 1. The molecule has 1 aromatic carbocycles. The topological polar surface area (TPSA) is 89.6 Å². The molecule has 2 amide bonds. The Bertz CT molecular complexity index is 1160. The van der Waals surface area contributed by atoms with Crippen molar-refractivity contribution in [1.29, 1.82) is 0 Å². The summed E-state index contributed by atoms with van der Waals surface area (Å²) >= 11 is 0. The number of carbonyl (C=O) groups excluding carboxylic acids is 2. The van der Waals surface area contributed by atoms with Gasteiger partial charge in [-0.3, -0.25) is 14.3 Å². The molecule has 0 unspecified atom stereocenters. The highest BCUT2D eigenvalue weighted by Gasteiger charge is 2.48. The third-order valence-corrected chi connectivity index (χ3v) is 7.00. The van der Waals surface area contributed by atoms with Crippen LogP contribution in [0.5, 0.6) is 5.75 Å². The summed E-state index contributed by atoms with van der Waals surface area (Å²) in [5.74, 6) is 0.966. The maximum Gasteiger partial charge on any atom is 0.273 e. The second-order valence-corrected chi connectivity index (χ2v) is 9.37. The summed E-state index contributed by atoms with van der Waals surface area (Å²) in [7, 11) is 1.62. The van der Waals surface area contributed by atoms with Gasteiger partial charge in [-0.15, -0.1) is 0 Å². The summed E-state index contributed by atoms with van der Waals surface area (Å²) in [6.45, 7) is 2.41. The average molecular weight is 463 g/mol. The van der Waals surface area contributed by atoms with Crippen LogP contribution in [0.25, 0.3) is 11.5 Å². The maximum atomic E-state index is 13.8. The van der Waals surface area contributed by atoms with Crippen LogP contribution in [0.1, 0.15) is 55.1 Å². The lowest BCUT2D eigenvalue weighted by Gasteiger charge is -2.44. The lowest BCUT2D eigenvalue weighted by molar-refractivity contribution is -0.134. The predicted octanol–water partition coefficient (Wildman–Crippen LogP) is 4.02. The van der Waals surface area contributed by atoms with Gasteiger partial charge in [0.05, 0.1) is 19.9 Å². The Labute approximate surface area is 198 Å². The van der Waals surface area contributed by atoms with E-state index in [0.29, 0.717) is 23.7 Å². The van der Waals surface area contributed by atoms with E-state index in [0.717, 1.165) is 37.0 Å². The molecule has 2 aromatic heterocycles. The van der Waals surface area contributed by atoms with E-state index in [-0.39, 0.29) is 24.4 Å². The Morgan fingerprint density at radius 1 is 1.21 bits per heavy atom. The first-order valence-corrected chi connectivity index (χ1v) is 11.9. The number of carbonyl (C=O) groups is 2. The number of methoxy groups -OCH3 is 1. The normalized spacial score (nSPS) is 20.8. The quantitative estimate of drug-likeness (QED) is 0.598. The van der Waals surface area contributed by atoms with Crippen molar-refractivity contribution >= 4 is 11.8 Å². The van der Waals surface area contributed by atoms with Crippen molar-refractivity contribution in [2.24, 2.45) is 0 Å². The third kappa shape index (κ3) is 4.08. The van der Waals surface area contributed by atoms with Crippen LogP contribution in [-0.4, -0.2) is 45.2 Å². The molecule has 8 heteroatoms. The Morgan fingerprint density at radius 3 is 2.65 bits per heavy atom. The molecule has 3 heterocycles. The molecule has 178 valence electrons. The van der Waals surface area contributed by atoms with Crippen molar-refractivity contribution in [3.8, 4) is 17.2 Å². The molecule has 1 N–H and O–H groups in total. The van der Waals surface area contributed by atoms with E-state index >= 15 is 0 Å². The number of benzene rings is 1. The first kappa shape index (κ1) is 22.3. The SMILES string of the molecule is COc1ccc(CN2C(=O)c3cc(-c4ccco4)nn3C[C@]2(C)C(=O)NC2CCCCC2)cc1. The first-order chi connectivity index (χ1) is 16.5. The molecule has 5 rings (SSSR count). The van der Waals surface area contributed by atoms with E-state index in [9.17, 15) is 9.59 Å². The predicted molar refractivity (Wildman–Crippen MR) is 126 cm³/mol. The Hall–Kier alpha value is -3.55. The Balaban J connectivity index is 1.49. The zero-order valence-corrected chi connectivity index (χ0v) is 19.6. The van der Waals surface area contributed by atoms with Gasteiger partial charge in [-0.25, -0.2) is 0 Å². The molecule has 8 nitrogen and oxygen atoms in total. The number of hydrogen-bond donors (Lipinski definition) is 1. The van der Waals surface area contributed by atoms with Gasteiger partial charge in [0.2, 0.25) is 5.91 Å². The number of ether oxygens (including phenoxy) is 1. The minimum atomic E-state index is -1.09. The van der Waals surface area contributed by atoms with Crippen molar-refractivity contribution in [3.05, 3.63) is 60.0 Å². The summed E-state index contributed by atoms with van der Waals surface area (Å²) < 4.78 is 12.4. The van der Waals surface area contributed by atoms with E-state index in [1.807, 2.05) is 37.3 Å². The second kappa shape index (κ2) is 9.00. The highest BCUT2D eigenvalue weighted by molar-refractivity contribution is 6.00. The molecule has 0 bridgehead atoms. The Morgan fingerprint density at radius 2 is 1.97 bits per heavy atom. The molecule has 3 aromatic rings. The molecule has 1 aliphatic carbocycles. The minimum Gasteiger partial charge on any atom is -0.497 e. The minimum absolute atomic E-state index is 0.137. The monoisotopic (exact) mass is 462 g/mol. The number of nitrogens with one attached hydrogen (secondary N) is 1. The lowest BCUT2D eigenvalue weighted by Crippen LogP contribution is -2.64. The molecule has 1 atom stereocenters. The van der Waals surface area contributed by atoms with Crippen LogP contribution in [0.4, 0.5) is 0 Å². The fourth-order valence-electron chi connectivity index (χ4n) is 4.94. The molecule has 1 aliphatic heterocycles. The largest absolute Gasteiger partial charge is 0.497 e. The van der Waals surface area contributed by atoms with Crippen molar-refractivity contribution in [1.82, 2.24) is 20.0 Å². The summed E-state index contributed by atoms with van der Waals surface area (Å²) in [4.78, 5) is 29.1. The van der Waals surface area contributed by atoms with Gasteiger partial charge in [-0.05, 0) is 49.6 Å². The first-order valence-electron chi connectivity index (χ1n) is 11.9. The second-order valence-electron chi connectivity index (χ2n) is 9.37. The number of aromatic nitrogens is 2. The molecule has 1 saturated carbocycles. The van der Waals surface area contributed by atoms with Gasteiger partial charge in [0.25, 0.3) is 5.91 Å². The van der Waals surface area contributed by atoms with Crippen LogP contribution in [0, 0.1) is 0 Å². The zero-order valence-electron chi connectivity index (χ0n) is 19.6. The molecular formula is C26H30N4O4. The van der Waals surface area contributed by atoms with E-state index in [4.69, 9.17) is 9.15 Å². The van der Waals surface area contributed by atoms with Crippen LogP contribution in [0.15, 0.2) is 53.1 Å². The van der Waals surface area contributed by atoms with Crippen LogP contribution in [0.3, 0.4) is 0 Å².